The molecule has 0 spiro atoms. The second kappa shape index (κ2) is 18.5. The minimum atomic E-state index is -2.79. The van der Waals surface area contributed by atoms with Crippen LogP contribution in [0.15, 0.2) is 72.8 Å². The zero-order valence-electron chi connectivity index (χ0n) is 31.8. The van der Waals surface area contributed by atoms with Crippen LogP contribution >= 0.6 is 0 Å². The summed E-state index contributed by atoms with van der Waals surface area (Å²) in [5.41, 5.74) is 4.01. The van der Waals surface area contributed by atoms with Gasteiger partial charge >= 0.3 is 0 Å². The van der Waals surface area contributed by atoms with Gasteiger partial charge in [0.1, 0.15) is 24.7 Å². The van der Waals surface area contributed by atoms with Gasteiger partial charge in [0.2, 0.25) is 0 Å². The summed E-state index contributed by atoms with van der Waals surface area (Å²) in [7, 11) is 3.41. The van der Waals surface area contributed by atoms with E-state index in [9.17, 15) is 38.0 Å². The van der Waals surface area contributed by atoms with Crippen LogP contribution in [0.4, 0.5) is 17.6 Å². The lowest BCUT2D eigenvalue weighted by Crippen LogP contribution is -2.49. The summed E-state index contributed by atoms with van der Waals surface area (Å²) in [6.07, 6.45) is -5.58. The van der Waals surface area contributed by atoms with E-state index in [2.05, 4.69) is 0 Å². The lowest BCUT2D eigenvalue weighted by molar-refractivity contribution is 0.0107. The molecule has 0 bridgehead atoms. The molecule has 0 unspecified atom stereocenters. The number of hydrogen-bond acceptors (Lipinski definition) is 8. The van der Waals surface area contributed by atoms with Gasteiger partial charge in [-0.2, -0.15) is 0 Å². The minimum Gasteiger partial charge on any atom is -0.488 e. The molecule has 0 aliphatic heterocycles. The molecule has 0 fully saturated rings. The predicted octanol–water partition coefficient (Wildman–Crippen LogP) is 7.35. The Morgan fingerprint density at radius 2 is 0.926 bits per heavy atom. The summed E-state index contributed by atoms with van der Waals surface area (Å²) in [6, 6.07) is 20.6. The number of rotatable bonds is 19. The van der Waals surface area contributed by atoms with E-state index in [0.29, 0.717) is 11.1 Å². The largest absolute Gasteiger partial charge is 0.488 e. The molecule has 8 nitrogen and oxygen atoms in total. The van der Waals surface area contributed by atoms with E-state index in [-0.39, 0.29) is 75.4 Å². The van der Waals surface area contributed by atoms with Crippen molar-refractivity contribution in [2.75, 3.05) is 40.5 Å². The van der Waals surface area contributed by atoms with Crippen LogP contribution in [-0.2, 0) is 26.3 Å². The molecule has 0 aromatic heterocycles. The first-order chi connectivity index (χ1) is 25.6. The molecule has 12 heteroatoms. The van der Waals surface area contributed by atoms with Crippen LogP contribution in [-0.4, -0.2) is 81.8 Å². The van der Waals surface area contributed by atoms with Gasteiger partial charge in [-0.1, -0.05) is 48.5 Å². The van der Waals surface area contributed by atoms with E-state index >= 15 is 0 Å². The van der Waals surface area contributed by atoms with Gasteiger partial charge in [0.05, 0.1) is 48.6 Å². The van der Waals surface area contributed by atoms with Gasteiger partial charge in [-0.3, -0.25) is 9.80 Å². The summed E-state index contributed by atoms with van der Waals surface area (Å²) in [5, 5.41) is 38.8. The molecule has 4 aromatic rings. The normalized spacial score (nSPS) is 12.4. The Labute approximate surface area is 315 Å². The molecule has 0 aliphatic carbocycles. The monoisotopic (exact) mass is 756 g/mol. The lowest BCUT2D eigenvalue weighted by Gasteiger charge is -2.35. The van der Waals surface area contributed by atoms with Crippen LogP contribution in [0.25, 0.3) is 11.1 Å². The van der Waals surface area contributed by atoms with Crippen molar-refractivity contribution in [3.63, 3.8) is 0 Å². The van der Waals surface area contributed by atoms with Crippen LogP contribution < -0.4 is 9.47 Å². The van der Waals surface area contributed by atoms with Gasteiger partial charge in [0.25, 0.3) is 12.9 Å². The summed E-state index contributed by atoms with van der Waals surface area (Å²) in [4.78, 5) is 3.43. The van der Waals surface area contributed by atoms with Gasteiger partial charge in [0, 0.05) is 13.1 Å². The maximum absolute atomic E-state index is 14.2. The maximum atomic E-state index is 14.2. The Balaban J connectivity index is 1.51. The number of aliphatic hydroxyl groups is 4. The second-order valence-electron chi connectivity index (χ2n) is 14.4. The van der Waals surface area contributed by atoms with Crippen molar-refractivity contribution in [2.45, 2.75) is 77.9 Å². The third-order valence-electron chi connectivity index (χ3n) is 10.6. The molecule has 4 aromatic carbocycles. The van der Waals surface area contributed by atoms with E-state index in [0.717, 1.165) is 33.4 Å². The van der Waals surface area contributed by atoms with Crippen LogP contribution in [0.1, 0.15) is 71.2 Å². The first-order valence-corrected chi connectivity index (χ1v) is 17.7. The number of likely N-dealkylation sites (N-methyl/N-ethyl adjacent to an activating group) is 2. The molecule has 0 amide bonds. The molecular weight excluding hydrogens is 704 g/mol. The van der Waals surface area contributed by atoms with Crippen molar-refractivity contribution < 1.29 is 47.5 Å². The fourth-order valence-electron chi connectivity index (χ4n) is 6.08. The molecule has 0 saturated heterocycles. The molecule has 54 heavy (non-hydrogen) atoms. The third kappa shape index (κ3) is 9.79. The molecule has 0 heterocycles. The minimum absolute atomic E-state index is 0.0367. The van der Waals surface area contributed by atoms with Crippen LogP contribution in [0.5, 0.6) is 11.5 Å². The number of ether oxygens (including phenoxy) is 2. The molecule has 0 saturated carbocycles. The van der Waals surface area contributed by atoms with Crippen LogP contribution in [0.3, 0.4) is 0 Å². The first-order valence-electron chi connectivity index (χ1n) is 17.7. The Morgan fingerprint density at radius 1 is 0.574 bits per heavy atom. The highest BCUT2D eigenvalue weighted by atomic mass is 19.3. The van der Waals surface area contributed by atoms with Crippen molar-refractivity contribution in [1.82, 2.24) is 9.80 Å². The van der Waals surface area contributed by atoms with E-state index in [1.54, 1.807) is 49.9 Å². The van der Waals surface area contributed by atoms with E-state index < -0.39 is 23.9 Å². The number of alkyl halides is 4. The Bertz CT molecular complexity index is 1710. The first kappa shape index (κ1) is 42.7. The topological polar surface area (TPSA) is 106 Å². The van der Waals surface area contributed by atoms with Crippen molar-refractivity contribution in [3.8, 4) is 22.6 Å². The van der Waals surface area contributed by atoms with Gasteiger partial charge in [-0.05, 0) is 111 Å². The number of aliphatic hydroxyl groups excluding tert-OH is 4. The van der Waals surface area contributed by atoms with Crippen molar-refractivity contribution in [1.29, 1.82) is 0 Å². The van der Waals surface area contributed by atoms with Crippen LogP contribution in [0, 0.1) is 13.8 Å². The molecular formula is C42H52F4N2O6. The Hall–Kier alpha value is -4.04. The predicted molar refractivity (Wildman–Crippen MR) is 201 cm³/mol. The van der Waals surface area contributed by atoms with Crippen molar-refractivity contribution in [3.05, 3.63) is 117 Å². The zero-order valence-corrected chi connectivity index (χ0v) is 31.8. The Morgan fingerprint density at radius 3 is 1.24 bits per heavy atom. The van der Waals surface area contributed by atoms with Crippen molar-refractivity contribution in [2.24, 2.45) is 0 Å². The number of hydrogen-bond donors (Lipinski definition) is 4. The van der Waals surface area contributed by atoms with Gasteiger partial charge in [-0.25, -0.2) is 17.6 Å². The molecule has 0 radical (unpaired) electrons. The molecule has 4 N–H and O–H groups in total. The van der Waals surface area contributed by atoms with E-state index in [1.165, 1.54) is 24.3 Å². The zero-order chi connectivity index (χ0) is 39.8. The fourth-order valence-corrected chi connectivity index (χ4v) is 6.08. The highest BCUT2D eigenvalue weighted by molar-refractivity contribution is 5.72. The second-order valence-corrected chi connectivity index (χ2v) is 14.4. The third-order valence-corrected chi connectivity index (χ3v) is 10.6. The summed E-state index contributed by atoms with van der Waals surface area (Å²) in [6.45, 7) is 6.59. The lowest BCUT2D eigenvalue weighted by atomic mass is 9.92. The maximum Gasteiger partial charge on any atom is 0.267 e. The number of benzene rings is 4. The quantitative estimate of drug-likeness (QED) is 0.0737. The highest BCUT2D eigenvalue weighted by Crippen LogP contribution is 2.35. The number of nitrogens with zero attached hydrogens (tertiary/aromatic N) is 2. The molecule has 0 aliphatic rings. The SMILES string of the molecule is Cc1c(COc2ccc(CN(C)C(C)(CO)CO)cc2C(F)F)cccc1-c1cccc(COc2ccc(CN(C)C(C)(CO)CO)cc2C(F)F)c1C. The number of halogens is 4. The molecule has 0 atom stereocenters. The molecule has 294 valence electrons. The standard InChI is InChI=1S/C42H52F4N2O6/c1-27-31(21-53-37-15-13-29(17-35(37)39(43)44)19-47(5)41(3,23-49)24-50)9-7-11-33(27)34-12-8-10-32(28(34)2)22-54-38-16-14-30(18-36(38)40(45)46)20-48(6)42(4,25-51)26-52/h7-18,39-40,49-52H,19-26H2,1-6H3. The van der Waals surface area contributed by atoms with E-state index in [4.69, 9.17) is 9.47 Å². The average Bonchev–Trinajstić information content (AvgIpc) is 3.16. The molecule has 4 rings (SSSR count). The van der Waals surface area contributed by atoms with E-state index in [1.807, 2.05) is 50.2 Å². The van der Waals surface area contributed by atoms with Gasteiger partial charge in [0.15, 0.2) is 0 Å². The average molecular weight is 757 g/mol. The van der Waals surface area contributed by atoms with Crippen LogP contribution in [0.2, 0.25) is 0 Å². The van der Waals surface area contributed by atoms with Gasteiger partial charge in [-0.15, -0.1) is 0 Å². The summed E-state index contributed by atoms with van der Waals surface area (Å²) >= 11 is 0. The smallest absolute Gasteiger partial charge is 0.267 e. The summed E-state index contributed by atoms with van der Waals surface area (Å²) < 4.78 is 68.8. The fraction of sp³-hybridized carbons (Fsp3) is 0.429. The van der Waals surface area contributed by atoms with Crippen molar-refractivity contribution >= 4 is 0 Å². The summed E-state index contributed by atoms with van der Waals surface area (Å²) in [5.74, 6) is 0.112. The highest BCUT2D eigenvalue weighted by Gasteiger charge is 2.29. The Kier molecular flexibility index (Phi) is 14.7. The van der Waals surface area contributed by atoms with Gasteiger partial charge < -0.3 is 29.9 Å².